The zero-order valence-electron chi connectivity index (χ0n) is 13.5. The van der Waals surface area contributed by atoms with Crippen molar-refractivity contribution in [2.45, 2.75) is 20.8 Å². The van der Waals surface area contributed by atoms with Gasteiger partial charge in [-0.25, -0.2) is 9.59 Å². The van der Waals surface area contributed by atoms with Crippen molar-refractivity contribution in [2.24, 2.45) is 0 Å². The number of ether oxygens (including phenoxy) is 2. The molecule has 1 N–H and O–H groups in total. The van der Waals surface area contributed by atoms with Crippen molar-refractivity contribution < 1.29 is 24.2 Å². The number of benzene rings is 2. The first-order valence-electron chi connectivity index (χ1n) is 7.06. The molecule has 0 atom stereocenters. The second-order valence-electron chi connectivity index (χ2n) is 5.23. The molecule has 0 unspecified atom stereocenters. The predicted molar refractivity (Wildman–Crippen MR) is 85.5 cm³/mol. The average Bonchev–Trinajstić information content (AvgIpc) is 2.51. The fraction of sp³-hybridized carbons (Fsp3) is 0.222. The lowest BCUT2D eigenvalue weighted by molar-refractivity contribution is 0.0595. The van der Waals surface area contributed by atoms with E-state index in [1.807, 2.05) is 32.0 Å². The molecule has 0 aliphatic carbocycles. The number of carboxylic acid groups (broad SMARTS) is 1. The third-order valence-electron chi connectivity index (χ3n) is 3.65. The van der Waals surface area contributed by atoms with E-state index in [1.54, 1.807) is 6.92 Å². The standard InChI is InChI=1S/C18H18O5/c1-10-6-5-7-11(2)15(10)23-16-12(3)13(17(19)20)8-9-14(16)18(21)22-4/h5-9H,1-4H3,(H,19,20). The number of hydrogen-bond acceptors (Lipinski definition) is 4. The van der Waals surface area contributed by atoms with E-state index >= 15 is 0 Å². The van der Waals surface area contributed by atoms with Crippen LogP contribution in [-0.2, 0) is 4.74 Å². The molecule has 0 saturated heterocycles. The van der Waals surface area contributed by atoms with E-state index < -0.39 is 11.9 Å². The van der Waals surface area contributed by atoms with Gasteiger partial charge in [0.25, 0.3) is 0 Å². The number of carboxylic acids is 1. The highest BCUT2D eigenvalue weighted by Crippen LogP contribution is 2.35. The number of esters is 1. The highest BCUT2D eigenvalue weighted by atomic mass is 16.5. The van der Waals surface area contributed by atoms with Crippen LogP contribution in [0, 0.1) is 20.8 Å². The normalized spacial score (nSPS) is 10.3. The number of carbonyl (C=O) groups is 2. The molecule has 5 heteroatoms. The summed E-state index contributed by atoms with van der Waals surface area (Å²) in [5.41, 5.74) is 2.43. The van der Waals surface area contributed by atoms with Gasteiger partial charge >= 0.3 is 11.9 Å². The van der Waals surface area contributed by atoms with Crippen molar-refractivity contribution in [3.63, 3.8) is 0 Å². The Kier molecular flexibility index (Phi) is 4.69. The summed E-state index contributed by atoms with van der Waals surface area (Å²) in [6.45, 7) is 5.38. The van der Waals surface area contributed by atoms with Crippen molar-refractivity contribution in [3.8, 4) is 11.5 Å². The zero-order chi connectivity index (χ0) is 17.1. The molecule has 0 amide bonds. The maximum Gasteiger partial charge on any atom is 0.341 e. The molecule has 5 nitrogen and oxygen atoms in total. The summed E-state index contributed by atoms with van der Waals surface area (Å²) in [6.07, 6.45) is 0. The molecule has 0 aromatic heterocycles. The molecule has 0 saturated carbocycles. The summed E-state index contributed by atoms with van der Waals surface area (Å²) in [4.78, 5) is 23.3. The van der Waals surface area contributed by atoms with Crippen LogP contribution in [0.25, 0.3) is 0 Å². The molecular formula is C18H18O5. The Labute approximate surface area is 134 Å². The minimum absolute atomic E-state index is 0.0823. The lowest BCUT2D eigenvalue weighted by Gasteiger charge is -2.17. The van der Waals surface area contributed by atoms with Gasteiger partial charge in [0, 0.05) is 5.56 Å². The molecule has 0 aliphatic rings. The summed E-state index contributed by atoms with van der Waals surface area (Å²) >= 11 is 0. The van der Waals surface area contributed by atoms with E-state index in [0.717, 1.165) is 11.1 Å². The van der Waals surface area contributed by atoms with Gasteiger partial charge in [-0.05, 0) is 44.0 Å². The molecule has 0 bridgehead atoms. The van der Waals surface area contributed by atoms with Crippen LogP contribution in [0.4, 0.5) is 0 Å². The third kappa shape index (κ3) is 3.18. The van der Waals surface area contributed by atoms with Crippen LogP contribution in [0.5, 0.6) is 11.5 Å². The molecule has 0 fully saturated rings. The van der Waals surface area contributed by atoms with Gasteiger partial charge in [0.15, 0.2) is 0 Å². The lowest BCUT2D eigenvalue weighted by atomic mass is 10.0. The van der Waals surface area contributed by atoms with Gasteiger partial charge in [0.05, 0.1) is 12.7 Å². The van der Waals surface area contributed by atoms with E-state index in [1.165, 1.54) is 19.2 Å². The van der Waals surface area contributed by atoms with Gasteiger partial charge in [0.1, 0.15) is 17.1 Å². The quantitative estimate of drug-likeness (QED) is 0.867. The Hall–Kier alpha value is -2.82. The maximum absolute atomic E-state index is 12.0. The molecule has 0 heterocycles. The topological polar surface area (TPSA) is 72.8 Å². The van der Waals surface area contributed by atoms with Crippen molar-refractivity contribution >= 4 is 11.9 Å². The van der Waals surface area contributed by atoms with E-state index in [0.29, 0.717) is 11.3 Å². The first-order chi connectivity index (χ1) is 10.9. The average molecular weight is 314 g/mol. The van der Waals surface area contributed by atoms with E-state index in [2.05, 4.69) is 0 Å². The predicted octanol–water partition coefficient (Wildman–Crippen LogP) is 3.89. The van der Waals surface area contributed by atoms with Gasteiger partial charge in [-0.3, -0.25) is 0 Å². The molecule has 0 radical (unpaired) electrons. The minimum atomic E-state index is -1.08. The van der Waals surface area contributed by atoms with Gasteiger partial charge in [-0.1, -0.05) is 18.2 Å². The molecule has 0 spiro atoms. The van der Waals surface area contributed by atoms with Crippen LogP contribution in [-0.4, -0.2) is 24.2 Å². The number of methoxy groups -OCH3 is 1. The van der Waals surface area contributed by atoms with Crippen LogP contribution < -0.4 is 4.74 Å². The Morgan fingerprint density at radius 3 is 2.00 bits per heavy atom. The second kappa shape index (κ2) is 6.52. The molecule has 2 aromatic rings. The smallest absolute Gasteiger partial charge is 0.341 e. The van der Waals surface area contributed by atoms with E-state index in [4.69, 9.17) is 9.47 Å². The fourth-order valence-corrected chi connectivity index (χ4v) is 2.39. The van der Waals surface area contributed by atoms with Gasteiger partial charge in [0.2, 0.25) is 0 Å². The molecular weight excluding hydrogens is 296 g/mol. The van der Waals surface area contributed by atoms with Crippen molar-refractivity contribution in [3.05, 3.63) is 58.1 Å². The molecule has 23 heavy (non-hydrogen) atoms. The number of hydrogen-bond donors (Lipinski definition) is 1. The lowest BCUT2D eigenvalue weighted by Crippen LogP contribution is -2.09. The zero-order valence-corrected chi connectivity index (χ0v) is 13.5. The third-order valence-corrected chi connectivity index (χ3v) is 3.65. The summed E-state index contributed by atoms with van der Waals surface area (Å²) < 4.78 is 10.7. The van der Waals surface area contributed by atoms with Gasteiger partial charge < -0.3 is 14.6 Å². The second-order valence-corrected chi connectivity index (χ2v) is 5.23. The Bertz CT molecular complexity index is 757. The number of aryl methyl sites for hydroxylation is 2. The van der Waals surface area contributed by atoms with Crippen LogP contribution in [0.3, 0.4) is 0 Å². The highest BCUT2D eigenvalue weighted by Gasteiger charge is 2.22. The monoisotopic (exact) mass is 314 g/mol. The Balaban J connectivity index is 2.65. The molecule has 0 aliphatic heterocycles. The highest BCUT2D eigenvalue weighted by molar-refractivity contribution is 5.97. The van der Waals surface area contributed by atoms with E-state index in [-0.39, 0.29) is 16.9 Å². The number of aromatic carboxylic acids is 1. The Morgan fingerprint density at radius 1 is 0.913 bits per heavy atom. The first kappa shape index (κ1) is 16.5. The van der Waals surface area contributed by atoms with Crippen LogP contribution in [0.2, 0.25) is 0 Å². The summed E-state index contributed by atoms with van der Waals surface area (Å²) in [7, 11) is 1.27. The SMILES string of the molecule is COC(=O)c1ccc(C(=O)O)c(C)c1Oc1c(C)cccc1C. The van der Waals surface area contributed by atoms with E-state index in [9.17, 15) is 14.7 Å². The fourth-order valence-electron chi connectivity index (χ4n) is 2.39. The molecule has 2 rings (SSSR count). The number of para-hydroxylation sites is 1. The molecule has 2 aromatic carbocycles. The van der Waals surface area contributed by atoms with Crippen LogP contribution in [0.15, 0.2) is 30.3 Å². The number of carbonyl (C=O) groups excluding carboxylic acids is 1. The largest absolute Gasteiger partial charge is 0.478 e. The summed E-state index contributed by atoms with van der Waals surface area (Å²) in [5.74, 6) is -0.853. The van der Waals surface area contributed by atoms with Gasteiger partial charge in [-0.2, -0.15) is 0 Å². The van der Waals surface area contributed by atoms with Gasteiger partial charge in [-0.15, -0.1) is 0 Å². The Morgan fingerprint density at radius 2 is 1.48 bits per heavy atom. The van der Waals surface area contributed by atoms with Crippen molar-refractivity contribution in [2.75, 3.05) is 7.11 Å². The summed E-state index contributed by atoms with van der Waals surface area (Å²) in [5, 5.41) is 9.28. The van der Waals surface area contributed by atoms with Crippen molar-refractivity contribution in [1.29, 1.82) is 0 Å². The molecule has 120 valence electrons. The van der Waals surface area contributed by atoms with Crippen molar-refractivity contribution in [1.82, 2.24) is 0 Å². The number of rotatable bonds is 4. The first-order valence-corrected chi connectivity index (χ1v) is 7.06. The minimum Gasteiger partial charge on any atom is -0.478 e. The maximum atomic E-state index is 12.0. The van der Waals surface area contributed by atoms with Crippen LogP contribution in [0.1, 0.15) is 37.4 Å². The van der Waals surface area contributed by atoms with Crippen LogP contribution >= 0.6 is 0 Å². The summed E-state index contributed by atoms with van der Waals surface area (Å²) in [6, 6.07) is 8.46.